The van der Waals surface area contributed by atoms with Crippen LogP contribution in [0.2, 0.25) is 0 Å². The second-order valence-corrected chi connectivity index (χ2v) is 7.50. The van der Waals surface area contributed by atoms with Gasteiger partial charge >= 0.3 is 5.97 Å². The van der Waals surface area contributed by atoms with Crippen molar-refractivity contribution in [2.75, 3.05) is 5.32 Å². The number of anilines is 1. The van der Waals surface area contributed by atoms with Gasteiger partial charge in [0.05, 0.1) is 18.0 Å². The molecule has 2 N–H and O–H groups in total. The van der Waals surface area contributed by atoms with Crippen molar-refractivity contribution in [3.05, 3.63) is 119 Å². The van der Waals surface area contributed by atoms with Crippen LogP contribution in [0, 0.1) is 6.92 Å². The van der Waals surface area contributed by atoms with Gasteiger partial charge in [-0.2, -0.15) is 5.10 Å². The van der Waals surface area contributed by atoms with Crippen molar-refractivity contribution in [3.8, 4) is 5.75 Å². The Morgan fingerprint density at radius 3 is 2.26 bits per heavy atom. The van der Waals surface area contributed by atoms with Gasteiger partial charge in [0.1, 0.15) is 5.75 Å². The predicted octanol–water partition coefficient (Wildman–Crippen LogP) is 4.82. The Morgan fingerprint density at radius 1 is 0.829 bits per heavy atom. The summed E-state index contributed by atoms with van der Waals surface area (Å²) in [4.78, 5) is 36.9. The molecule has 0 spiro atoms. The molecule has 0 saturated heterocycles. The van der Waals surface area contributed by atoms with E-state index >= 15 is 0 Å². The molecule has 3 aromatic carbocycles. The molecule has 174 valence electrons. The zero-order valence-corrected chi connectivity index (χ0v) is 18.7. The molecule has 0 fully saturated rings. The van der Waals surface area contributed by atoms with Crippen LogP contribution in [-0.4, -0.2) is 24.0 Å². The Labute approximate surface area is 201 Å². The molecule has 0 aliphatic heterocycles. The summed E-state index contributed by atoms with van der Waals surface area (Å²) in [5.74, 6) is -0.828. The average Bonchev–Trinajstić information content (AvgIpc) is 3.41. The Balaban J connectivity index is 1.36. The van der Waals surface area contributed by atoms with Crippen molar-refractivity contribution in [2.24, 2.45) is 5.10 Å². The molecule has 1 heterocycles. The normalized spacial score (nSPS) is 10.7. The van der Waals surface area contributed by atoms with E-state index in [2.05, 4.69) is 15.8 Å². The fourth-order valence-electron chi connectivity index (χ4n) is 3.06. The molecule has 0 radical (unpaired) electrons. The molecule has 0 unspecified atom stereocenters. The van der Waals surface area contributed by atoms with E-state index in [0.29, 0.717) is 28.1 Å². The summed E-state index contributed by atoms with van der Waals surface area (Å²) in [6, 6.07) is 23.4. The topological polar surface area (TPSA) is 110 Å². The third-order valence-corrected chi connectivity index (χ3v) is 4.93. The zero-order chi connectivity index (χ0) is 24.6. The highest BCUT2D eigenvalue weighted by molar-refractivity contribution is 6.02. The van der Waals surface area contributed by atoms with Gasteiger partial charge in [-0.1, -0.05) is 29.8 Å². The Kier molecular flexibility index (Phi) is 7.13. The van der Waals surface area contributed by atoms with Crippen LogP contribution in [0.25, 0.3) is 0 Å². The quantitative estimate of drug-likeness (QED) is 0.175. The van der Waals surface area contributed by atoms with Crippen LogP contribution in [0.4, 0.5) is 5.69 Å². The number of hydrogen-bond acceptors (Lipinski definition) is 6. The van der Waals surface area contributed by atoms with Crippen LogP contribution in [-0.2, 0) is 0 Å². The van der Waals surface area contributed by atoms with Gasteiger partial charge in [0, 0.05) is 16.8 Å². The number of nitrogens with zero attached hydrogens (tertiary/aromatic N) is 1. The van der Waals surface area contributed by atoms with E-state index in [0.717, 1.165) is 5.56 Å². The number of furan rings is 1. The molecular formula is C27H21N3O5. The second kappa shape index (κ2) is 10.8. The molecule has 0 aliphatic carbocycles. The van der Waals surface area contributed by atoms with Crippen molar-refractivity contribution >= 4 is 29.7 Å². The van der Waals surface area contributed by atoms with Crippen molar-refractivity contribution < 1.29 is 23.5 Å². The van der Waals surface area contributed by atoms with Gasteiger partial charge < -0.3 is 14.5 Å². The van der Waals surface area contributed by atoms with Gasteiger partial charge in [-0.15, -0.1) is 0 Å². The minimum Gasteiger partial charge on any atom is -0.459 e. The van der Waals surface area contributed by atoms with Gasteiger partial charge in [0.15, 0.2) is 5.76 Å². The number of nitrogens with one attached hydrogen (secondary N) is 2. The molecule has 8 nitrogen and oxygen atoms in total. The van der Waals surface area contributed by atoms with Gasteiger partial charge in [-0.05, 0) is 67.6 Å². The van der Waals surface area contributed by atoms with Crippen molar-refractivity contribution in [3.63, 3.8) is 0 Å². The number of esters is 1. The van der Waals surface area contributed by atoms with Gasteiger partial charge in [-0.25, -0.2) is 10.2 Å². The maximum Gasteiger partial charge on any atom is 0.343 e. The number of ether oxygens (including phenoxy) is 1. The summed E-state index contributed by atoms with van der Waals surface area (Å²) in [5.41, 5.74) is 5.28. The predicted molar refractivity (Wildman–Crippen MR) is 131 cm³/mol. The number of benzene rings is 3. The molecule has 0 atom stereocenters. The molecule has 4 aromatic rings. The van der Waals surface area contributed by atoms with Gasteiger partial charge in [0.2, 0.25) is 0 Å². The second-order valence-electron chi connectivity index (χ2n) is 7.50. The monoisotopic (exact) mass is 467 g/mol. The number of carbonyl (C=O) groups is 3. The van der Waals surface area contributed by atoms with E-state index in [1.54, 1.807) is 72.8 Å². The molecule has 2 amide bonds. The highest BCUT2D eigenvalue weighted by atomic mass is 16.5. The first kappa shape index (κ1) is 23.2. The lowest BCUT2D eigenvalue weighted by Gasteiger charge is -2.07. The highest BCUT2D eigenvalue weighted by Gasteiger charge is 2.12. The smallest absolute Gasteiger partial charge is 0.343 e. The fraction of sp³-hybridized carbons (Fsp3) is 0.0370. The molecule has 4 rings (SSSR count). The lowest BCUT2D eigenvalue weighted by molar-refractivity contribution is 0.0734. The van der Waals surface area contributed by atoms with E-state index in [-0.39, 0.29) is 5.76 Å². The minimum atomic E-state index is -0.492. The van der Waals surface area contributed by atoms with Crippen LogP contribution in [0.1, 0.15) is 42.4 Å². The largest absolute Gasteiger partial charge is 0.459 e. The van der Waals surface area contributed by atoms with E-state index in [9.17, 15) is 14.4 Å². The van der Waals surface area contributed by atoms with E-state index in [1.807, 2.05) is 19.1 Å². The number of carbonyl (C=O) groups excluding carboxylic acids is 3. The molecule has 0 aliphatic rings. The maximum absolute atomic E-state index is 12.4. The van der Waals surface area contributed by atoms with E-state index in [4.69, 9.17) is 9.15 Å². The van der Waals surface area contributed by atoms with Gasteiger partial charge in [-0.3, -0.25) is 9.59 Å². The number of hydrazone groups is 1. The Hall–Kier alpha value is -4.98. The number of amides is 2. The lowest BCUT2D eigenvalue weighted by Crippen LogP contribution is -2.18. The van der Waals surface area contributed by atoms with Crippen LogP contribution >= 0.6 is 0 Å². The molecule has 8 heteroatoms. The van der Waals surface area contributed by atoms with Crippen LogP contribution in [0.5, 0.6) is 5.75 Å². The Bertz CT molecular complexity index is 1360. The molecule has 0 saturated carbocycles. The fourth-order valence-corrected chi connectivity index (χ4v) is 3.06. The third kappa shape index (κ3) is 6.08. The van der Waals surface area contributed by atoms with E-state index < -0.39 is 17.8 Å². The average molecular weight is 467 g/mol. The zero-order valence-electron chi connectivity index (χ0n) is 18.7. The summed E-state index contributed by atoms with van der Waals surface area (Å²) < 4.78 is 10.5. The number of rotatable bonds is 7. The first-order chi connectivity index (χ1) is 17.0. The van der Waals surface area contributed by atoms with Crippen molar-refractivity contribution in [1.82, 2.24) is 5.43 Å². The summed E-state index contributed by atoms with van der Waals surface area (Å²) in [7, 11) is 0. The first-order valence-corrected chi connectivity index (χ1v) is 10.7. The molecule has 35 heavy (non-hydrogen) atoms. The maximum atomic E-state index is 12.4. The summed E-state index contributed by atoms with van der Waals surface area (Å²) in [6.45, 7) is 1.93. The van der Waals surface area contributed by atoms with Crippen LogP contribution in [0.3, 0.4) is 0 Å². The number of hydrogen-bond donors (Lipinski definition) is 2. The number of para-hydroxylation sites is 1. The summed E-state index contributed by atoms with van der Waals surface area (Å²) >= 11 is 0. The SMILES string of the molecule is Cc1ccc(C(=O)Oc2ccccc2/C=N\NC(=O)c2ccc(NC(=O)c3ccco3)cc2)cc1. The minimum absolute atomic E-state index is 0.186. The highest BCUT2D eigenvalue weighted by Crippen LogP contribution is 2.18. The first-order valence-electron chi connectivity index (χ1n) is 10.7. The number of aryl methyl sites for hydroxylation is 1. The lowest BCUT2D eigenvalue weighted by atomic mass is 10.1. The van der Waals surface area contributed by atoms with Gasteiger partial charge in [0.25, 0.3) is 11.8 Å². The van der Waals surface area contributed by atoms with Crippen LogP contribution in [0.15, 0.2) is 101 Å². The molecular weight excluding hydrogens is 446 g/mol. The van der Waals surface area contributed by atoms with Crippen molar-refractivity contribution in [1.29, 1.82) is 0 Å². The Morgan fingerprint density at radius 2 is 1.54 bits per heavy atom. The molecule has 0 bridgehead atoms. The van der Waals surface area contributed by atoms with E-state index in [1.165, 1.54) is 12.5 Å². The third-order valence-electron chi connectivity index (χ3n) is 4.93. The molecule has 1 aromatic heterocycles. The summed E-state index contributed by atoms with van der Waals surface area (Å²) in [6.07, 6.45) is 2.81. The van der Waals surface area contributed by atoms with Crippen molar-refractivity contribution in [2.45, 2.75) is 6.92 Å². The summed E-state index contributed by atoms with van der Waals surface area (Å²) in [5, 5.41) is 6.65. The van der Waals surface area contributed by atoms with Crippen LogP contribution < -0.4 is 15.5 Å². The standard InChI is InChI=1S/C27H21N3O5/c1-18-8-10-20(11-9-18)27(33)35-23-6-3-2-5-21(23)17-28-30-25(31)19-12-14-22(15-13-19)29-26(32)24-7-4-16-34-24/h2-17H,1H3,(H,29,32)(H,30,31)/b28-17-.